The van der Waals surface area contributed by atoms with Gasteiger partial charge in [-0.1, -0.05) is 0 Å². The van der Waals surface area contributed by atoms with Gasteiger partial charge >= 0.3 is 0 Å². The predicted octanol–water partition coefficient (Wildman–Crippen LogP) is 1.82. The van der Waals surface area contributed by atoms with E-state index >= 15 is 0 Å². The van der Waals surface area contributed by atoms with Gasteiger partial charge in [-0.2, -0.15) is 0 Å². The van der Waals surface area contributed by atoms with Gasteiger partial charge in [-0.15, -0.1) is 0 Å². The molecule has 0 amide bonds. The number of anilines is 1. The second-order valence-electron chi connectivity index (χ2n) is 5.25. The molecule has 2 rings (SSSR count). The molecule has 0 saturated carbocycles. The summed E-state index contributed by atoms with van der Waals surface area (Å²) in [7, 11) is 1.78. The third-order valence-corrected chi connectivity index (χ3v) is 3.58. The van der Waals surface area contributed by atoms with E-state index in [0.717, 1.165) is 37.6 Å². The topological polar surface area (TPSA) is 46.2 Å². The van der Waals surface area contributed by atoms with E-state index in [1.165, 1.54) is 12.8 Å². The van der Waals surface area contributed by atoms with E-state index in [1.54, 1.807) is 7.11 Å². The van der Waals surface area contributed by atoms with E-state index in [4.69, 9.17) is 4.74 Å². The van der Waals surface area contributed by atoms with Gasteiger partial charge in [0.15, 0.2) is 0 Å². The zero-order valence-corrected chi connectivity index (χ0v) is 11.3. The van der Waals surface area contributed by atoms with Gasteiger partial charge in [0, 0.05) is 43.2 Å². The Bertz CT molecular complexity index is 370. The fraction of sp³-hybridized carbons (Fsp3) is 0.643. The largest absolute Gasteiger partial charge is 0.384 e. The van der Waals surface area contributed by atoms with E-state index in [0.29, 0.717) is 0 Å². The van der Waals surface area contributed by atoms with Crippen molar-refractivity contribution in [3.05, 3.63) is 24.0 Å². The maximum absolute atomic E-state index is 5.40. The van der Waals surface area contributed by atoms with Crippen LogP contribution < -0.4 is 10.6 Å². The Kier molecular flexibility index (Phi) is 4.55. The molecule has 0 spiro atoms. The van der Waals surface area contributed by atoms with Crippen LogP contribution in [0.3, 0.4) is 0 Å². The van der Waals surface area contributed by atoms with E-state index < -0.39 is 0 Å². The first-order valence-corrected chi connectivity index (χ1v) is 6.60. The minimum Gasteiger partial charge on any atom is -0.384 e. The molecular formula is C14H23N3O. The number of hydrogen-bond acceptors (Lipinski definition) is 4. The van der Waals surface area contributed by atoms with E-state index in [-0.39, 0.29) is 5.41 Å². The molecule has 0 bridgehead atoms. The molecule has 18 heavy (non-hydrogen) atoms. The smallest absolute Gasteiger partial charge is 0.0547 e. The number of hydrogen-bond donors (Lipinski definition) is 2. The summed E-state index contributed by atoms with van der Waals surface area (Å²) in [6.07, 6.45) is 4.28. The van der Waals surface area contributed by atoms with Crippen LogP contribution >= 0.6 is 0 Å². The quantitative estimate of drug-likeness (QED) is 0.835. The van der Waals surface area contributed by atoms with Crippen molar-refractivity contribution < 1.29 is 4.74 Å². The number of aromatic nitrogens is 1. The lowest BCUT2D eigenvalue weighted by Crippen LogP contribution is -2.47. The number of piperidine rings is 1. The average molecular weight is 249 g/mol. The van der Waals surface area contributed by atoms with Crippen molar-refractivity contribution >= 4 is 5.69 Å². The highest BCUT2D eigenvalue weighted by molar-refractivity contribution is 5.43. The Morgan fingerprint density at radius 3 is 3.11 bits per heavy atom. The van der Waals surface area contributed by atoms with Gasteiger partial charge in [0.05, 0.1) is 6.61 Å². The Labute approximate surface area is 109 Å². The Morgan fingerprint density at radius 2 is 2.44 bits per heavy atom. The normalized spacial score (nSPS) is 23.9. The van der Waals surface area contributed by atoms with Crippen molar-refractivity contribution in [2.24, 2.45) is 5.41 Å². The molecule has 1 fully saturated rings. The summed E-state index contributed by atoms with van der Waals surface area (Å²) in [6.45, 7) is 5.91. The summed E-state index contributed by atoms with van der Waals surface area (Å²) in [4.78, 5) is 4.21. The fourth-order valence-electron chi connectivity index (χ4n) is 2.61. The molecular weight excluding hydrogens is 226 g/mol. The number of methoxy groups -OCH3 is 1. The summed E-state index contributed by atoms with van der Waals surface area (Å²) < 4.78 is 5.40. The van der Waals surface area contributed by atoms with Gasteiger partial charge in [-0.3, -0.25) is 4.98 Å². The molecule has 1 aromatic rings. The second-order valence-corrected chi connectivity index (χ2v) is 5.25. The van der Waals surface area contributed by atoms with Crippen LogP contribution in [0.1, 0.15) is 18.5 Å². The van der Waals surface area contributed by atoms with E-state index in [2.05, 4.69) is 21.7 Å². The van der Waals surface area contributed by atoms with Gasteiger partial charge in [0.25, 0.3) is 0 Å². The average Bonchev–Trinajstić information content (AvgIpc) is 2.38. The first-order chi connectivity index (χ1) is 8.74. The zero-order valence-electron chi connectivity index (χ0n) is 11.3. The van der Waals surface area contributed by atoms with Crippen molar-refractivity contribution in [2.45, 2.75) is 19.8 Å². The third-order valence-electron chi connectivity index (χ3n) is 3.58. The van der Waals surface area contributed by atoms with Crippen LogP contribution in [0.25, 0.3) is 0 Å². The predicted molar refractivity (Wildman–Crippen MR) is 73.9 cm³/mol. The molecule has 1 aliphatic rings. The van der Waals surface area contributed by atoms with Crippen LogP contribution in [0.4, 0.5) is 5.69 Å². The monoisotopic (exact) mass is 249 g/mol. The van der Waals surface area contributed by atoms with Gasteiger partial charge in [0.2, 0.25) is 0 Å². The summed E-state index contributed by atoms with van der Waals surface area (Å²) >= 11 is 0. The zero-order chi connectivity index (χ0) is 12.8. The first kappa shape index (κ1) is 13.3. The van der Waals surface area contributed by atoms with Crippen molar-refractivity contribution in [3.63, 3.8) is 0 Å². The number of nitrogens with zero attached hydrogens (tertiary/aromatic N) is 1. The van der Waals surface area contributed by atoms with Crippen molar-refractivity contribution in [1.82, 2.24) is 10.3 Å². The standard InChI is InChI=1S/C14H23N3O/c1-12-8-13(4-7-16-12)17-10-14(11-18-2)5-3-6-15-9-14/h4,7-8,15H,3,5-6,9-11H2,1-2H3,(H,16,17). The van der Waals surface area contributed by atoms with Crippen molar-refractivity contribution in [1.29, 1.82) is 0 Å². The molecule has 2 N–H and O–H groups in total. The molecule has 4 nitrogen and oxygen atoms in total. The second kappa shape index (κ2) is 6.16. The van der Waals surface area contributed by atoms with Crippen molar-refractivity contribution in [2.75, 3.05) is 38.7 Å². The lowest BCUT2D eigenvalue weighted by Gasteiger charge is -2.37. The highest BCUT2D eigenvalue weighted by Gasteiger charge is 2.31. The number of nitrogens with one attached hydrogen (secondary N) is 2. The van der Waals surface area contributed by atoms with Crippen molar-refractivity contribution in [3.8, 4) is 0 Å². The maximum atomic E-state index is 5.40. The Morgan fingerprint density at radius 1 is 1.56 bits per heavy atom. The molecule has 1 aromatic heterocycles. The highest BCUT2D eigenvalue weighted by atomic mass is 16.5. The molecule has 0 aromatic carbocycles. The summed E-state index contributed by atoms with van der Waals surface area (Å²) in [5.41, 5.74) is 2.40. The Balaban J connectivity index is 1.96. The Hall–Kier alpha value is -1.13. The minimum atomic E-state index is 0.212. The van der Waals surface area contributed by atoms with Gasteiger partial charge < -0.3 is 15.4 Å². The lowest BCUT2D eigenvalue weighted by atomic mass is 9.81. The van der Waals surface area contributed by atoms with Crippen LogP contribution in [0.5, 0.6) is 0 Å². The lowest BCUT2D eigenvalue weighted by molar-refractivity contribution is 0.0679. The molecule has 100 valence electrons. The van der Waals surface area contributed by atoms with Crippen LogP contribution in [-0.2, 0) is 4.74 Å². The molecule has 1 unspecified atom stereocenters. The van der Waals surface area contributed by atoms with Crippen LogP contribution in [0.2, 0.25) is 0 Å². The fourth-order valence-corrected chi connectivity index (χ4v) is 2.61. The summed E-state index contributed by atoms with van der Waals surface area (Å²) in [5.74, 6) is 0. The SMILES string of the molecule is COCC1(CNc2ccnc(C)c2)CCCNC1. The molecule has 1 aliphatic heterocycles. The molecule has 1 atom stereocenters. The molecule has 0 aliphatic carbocycles. The number of rotatable bonds is 5. The molecule has 1 saturated heterocycles. The highest BCUT2D eigenvalue weighted by Crippen LogP contribution is 2.27. The summed E-state index contributed by atoms with van der Waals surface area (Å²) in [5, 5.41) is 7.00. The molecule has 4 heteroatoms. The molecule has 0 radical (unpaired) electrons. The number of ether oxygens (including phenoxy) is 1. The number of pyridine rings is 1. The first-order valence-electron chi connectivity index (χ1n) is 6.60. The van der Waals surface area contributed by atoms with Gasteiger partial charge in [0.1, 0.15) is 0 Å². The van der Waals surface area contributed by atoms with Crippen LogP contribution in [0.15, 0.2) is 18.3 Å². The third kappa shape index (κ3) is 3.43. The minimum absolute atomic E-state index is 0.212. The van der Waals surface area contributed by atoms with Gasteiger partial charge in [-0.05, 0) is 38.4 Å². The molecule has 2 heterocycles. The van der Waals surface area contributed by atoms with E-state index in [9.17, 15) is 0 Å². The number of aryl methyl sites for hydroxylation is 1. The maximum Gasteiger partial charge on any atom is 0.0547 e. The van der Waals surface area contributed by atoms with Crippen LogP contribution in [0, 0.1) is 12.3 Å². The van der Waals surface area contributed by atoms with Gasteiger partial charge in [-0.25, -0.2) is 0 Å². The summed E-state index contributed by atoms with van der Waals surface area (Å²) in [6, 6.07) is 4.10. The van der Waals surface area contributed by atoms with E-state index in [1.807, 2.05) is 19.2 Å². The van der Waals surface area contributed by atoms with Crippen LogP contribution in [-0.4, -0.2) is 38.3 Å².